The van der Waals surface area contributed by atoms with Gasteiger partial charge in [0.25, 0.3) is 5.91 Å². The first kappa shape index (κ1) is 22.1. The molecule has 0 saturated carbocycles. The number of hydrogen-bond acceptors (Lipinski definition) is 3. The predicted molar refractivity (Wildman–Crippen MR) is 123 cm³/mol. The Kier molecular flexibility index (Phi) is 6.85. The fourth-order valence-corrected chi connectivity index (χ4v) is 5.07. The summed E-state index contributed by atoms with van der Waals surface area (Å²) in [5, 5.41) is 7.17. The Balaban J connectivity index is 1.30. The van der Waals surface area contributed by atoms with E-state index in [1.807, 2.05) is 12.1 Å². The van der Waals surface area contributed by atoms with Crippen LogP contribution in [0.2, 0.25) is 10.0 Å². The molecule has 0 radical (unpaired) electrons. The first-order valence-electron chi connectivity index (χ1n) is 10.8. The van der Waals surface area contributed by atoms with Crippen molar-refractivity contribution >= 4 is 35.0 Å². The minimum Gasteiger partial charge on any atom is -0.351 e. The van der Waals surface area contributed by atoms with E-state index in [9.17, 15) is 9.59 Å². The van der Waals surface area contributed by atoms with Crippen molar-refractivity contribution in [3.05, 3.63) is 69.7 Å². The van der Waals surface area contributed by atoms with Crippen molar-refractivity contribution in [3.63, 3.8) is 0 Å². The van der Waals surface area contributed by atoms with Crippen molar-refractivity contribution in [3.8, 4) is 0 Å². The molecule has 2 aromatic carbocycles. The number of piperidine rings is 1. The van der Waals surface area contributed by atoms with Gasteiger partial charge in [0.05, 0.1) is 0 Å². The molecule has 2 amide bonds. The highest BCUT2D eigenvalue weighted by Crippen LogP contribution is 2.37. The molecule has 5 nitrogen and oxygen atoms in total. The Hall–Kier alpha value is -2.08. The molecule has 4 atom stereocenters. The molecule has 2 aromatic rings. The molecule has 3 unspecified atom stereocenters. The van der Waals surface area contributed by atoms with Gasteiger partial charge in [-0.1, -0.05) is 41.4 Å². The van der Waals surface area contributed by atoms with Gasteiger partial charge in [-0.3, -0.25) is 14.5 Å². The van der Waals surface area contributed by atoms with Gasteiger partial charge in [-0.15, -0.1) is 0 Å². The molecule has 2 fully saturated rings. The summed E-state index contributed by atoms with van der Waals surface area (Å²) in [6, 6.07) is 15.2. The summed E-state index contributed by atoms with van der Waals surface area (Å²) in [6.45, 7) is 2.63. The van der Waals surface area contributed by atoms with E-state index in [0.717, 1.165) is 37.3 Å². The van der Waals surface area contributed by atoms with E-state index in [1.165, 1.54) is 5.56 Å². The first-order valence-corrected chi connectivity index (χ1v) is 11.5. The van der Waals surface area contributed by atoms with E-state index in [4.69, 9.17) is 23.2 Å². The van der Waals surface area contributed by atoms with Gasteiger partial charge in [0.2, 0.25) is 5.91 Å². The molecule has 2 aliphatic rings. The van der Waals surface area contributed by atoms with Crippen LogP contribution in [0.3, 0.4) is 0 Å². The summed E-state index contributed by atoms with van der Waals surface area (Å²) >= 11 is 12.0. The fourth-order valence-electron chi connectivity index (χ4n) is 4.75. The highest BCUT2D eigenvalue weighted by atomic mass is 35.5. The molecule has 0 spiro atoms. The zero-order valence-electron chi connectivity index (χ0n) is 17.5. The Labute approximate surface area is 193 Å². The Morgan fingerprint density at radius 2 is 1.71 bits per heavy atom. The number of nitrogens with one attached hydrogen (secondary N) is 2. The largest absolute Gasteiger partial charge is 0.351 e. The smallest absolute Gasteiger partial charge is 0.251 e. The second-order valence-electron chi connectivity index (χ2n) is 8.57. The summed E-state index contributed by atoms with van der Waals surface area (Å²) in [5.41, 5.74) is 1.71. The SMILES string of the molecule is CC(NC(=O)c1cccc(Cl)c1)C(=O)NC1CC2CC[C@H](C1)N2Cc1ccc(Cl)cc1. The lowest BCUT2D eigenvalue weighted by Crippen LogP contribution is -2.53. The molecule has 7 heteroatoms. The average molecular weight is 460 g/mol. The van der Waals surface area contributed by atoms with Crippen LogP contribution in [0.5, 0.6) is 0 Å². The zero-order chi connectivity index (χ0) is 22.0. The fraction of sp³-hybridized carbons (Fsp3) is 0.417. The molecule has 2 heterocycles. The average Bonchev–Trinajstić information content (AvgIpc) is 2.97. The van der Waals surface area contributed by atoms with Gasteiger partial charge in [-0.05, 0) is 68.5 Å². The number of carbonyl (C=O) groups excluding carboxylic acids is 2. The van der Waals surface area contributed by atoms with E-state index in [0.29, 0.717) is 22.7 Å². The maximum Gasteiger partial charge on any atom is 0.251 e. The third kappa shape index (κ3) is 5.40. The molecule has 164 valence electrons. The summed E-state index contributed by atoms with van der Waals surface area (Å²) in [7, 11) is 0. The topological polar surface area (TPSA) is 61.4 Å². The van der Waals surface area contributed by atoms with Crippen LogP contribution in [-0.2, 0) is 11.3 Å². The monoisotopic (exact) mass is 459 g/mol. The van der Waals surface area contributed by atoms with Crippen molar-refractivity contribution < 1.29 is 9.59 Å². The number of halogens is 2. The van der Waals surface area contributed by atoms with Gasteiger partial charge in [0.15, 0.2) is 0 Å². The zero-order valence-corrected chi connectivity index (χ0v) is 19.0. The molecule has 2 bridgehead atoms. The first-order chi connectivity index (χ1) is 14.9. The van der Waals surface area contributed by atoms with Crippen LogP contribution in [-0.4, -0.2) is 40.9 Å². The minimum atomic E-state index is -0.615. The van der Waals surface area contributed by atoms with E-state index < -0.39 is 6.04 Å². The van der Waals surface area contributed by atoms with Crippen molar-refractivity contribution in [2.45, 2.75) is 63.3 Å². The van der Waals surface area contributed by atoms with Crippen LogP contribution in [0.15, 0.2) is 48.5 Å². The summed E-state index contributed by atoms with van der Waals surface area (Å²) in [5.74, 6) is -0.450. The van der Waals surface area contributed by atoms with E-state index >= 15 is 0 Å². The minimum absolute atomic E-state index is 0.136. The highest BCUT2D eigenvalue weighted by molar-refractivity contribution is 6.31. The van der Waals surface area contributed by atoms with Gasteiger partial charge in [0, 0.05) is 40.3 Å². The lowest BCUT2D eigenvalue weighted by Gasteiger charge is -2.39. The maximum atomic E-state index is 12.7. The predicted octanol–water partition coefficient (Wildman–Crippen LogP) is 4.42. The summed E-state index contributed by atoms with van der Waals surface area (Å²) < 4.78 is 0. The lowest BCUT2D eigenvalue weighted by molar-refractivity contribution is -0.123. The number of benzene rings is 2. The van der Waals surface area contributed by atoms with Crippen LogP contribution < -0.4 is 10.6 Å². The summed E-state index contributed by atoms with van der Waals surface area (Å²) in [4.78, 5) is 27.7. The molecule has 31 heavy (non-hydrogen) atoms. The Morgan fingerprint density at radius 1 is 1.03 bits per heavy atom. The molecule has 0 aromatic heterocycles. The van der Waals surface area contributed by atoms with Gasteiger partial charge < -0.3 is 10.6 Å². The number of hydrogen-bond donors (Lipinski definition) is 2. The van der Waals surface area contributed by atoms with E-state index in [-0.39, 0.29) is 17.9 Å². The third-order valence-electron chi connectivity index (χ3n) is 6.34. The van der Waals surface area contributed by atoms with Crippen LogP contribution >= 0.6 is 23.2 Å². The molecular weight excluding hydrogens is 433 g/mol. The van der Waals surface area contributed by atoms with Crippen LogP contribution in [0.1, 0.15) is 48.5 Å². The Bertz CT molecular complexity index is 936. The summed E-state index contributed by atoms with van der Waals surface area (Å²) in [6.07, 6.45) is 4.19. The number of nitrogens with zero attached hydrogens (tertiary/aromatic N) is 1. The number of carbonyl (C=O) groups is 2. The standard InChI is InChI=1S/C24H27Cl2N3O2/c1-15(27-24(31)17-3-2-4-19(26)11-17)23(30)28-20-12-21-9-10-22(13-20)29(21)14-16-5-7-18(25)8-6-16/h2-8,11,15,20-22H,9-10,12-14H2,1H3,(H,27,31)(H,28,30)/t15?,20?,21-,22?/m1/s1. The normalized spacial score (nSPS) is 23.9. The second kappa shape index (κ2) is 9.60. The second-order valence-corrected chi connectivity index (χ2v) is 9.44. The van der Waals surface area contributed by atoms with Gasteiger partial charge in [-0.25, -0.2) is 0 Å². The maximum absolute atomic E-state index is 12.7. The molecule has 2 aliphatic heterocycles. The molecule has 2 N–H and O–H groups in total. The van der Waals surface area contributed by atoms with Gasteiger partial charge >= 0.3 is 0 Å². The van der Waals surface area contributed by atoms with E-state index in [2.05, 4.69) is 27.7 Å². The number of rotatable bonds is 6. The van der Waals surface area contributed by atoms with Gasteiger partial charge in [0.1, 0.15) is 6.04 Å². The highest BCUT2D eigenvalue weighted by Gasteiger charge is 2.41. The van der Waals surface area contributed by atoms with Gasteiger partial charge in [-0.2, -0.15) is 0 Å². The van der Waals surface area contributed by atoms with Crippen molar-refractivity contribution in [2.75, 3.05) is 0 Å². The van der Waals surface area contributed by atoms with Crippen molar-refractivity contribution in [1.82, 2.24) is 15.5 Å². The molecule has 2 saturated heterocycles. The lowest BCUT2D eigenvalue weighted by atomic mass is 9.96. The van der Waals surface area contributed by atoms with E-state index in [1.54, 1.807) is 31.2 Å². The van der Waals surface area contributed by atoms with Crippen molar-refractivity contribution in [2.24, 2.45) is 0 Å². The molecular formula is C24H27Cl2N3O2. The number of fused-ring (bicyclic) bond motifs is 2. The van der Waals surface area contributed by atoms with Crippen LogP contribution in [0, 0.1) is 0 Å². The van der Waals surface area contributed by atoms with Crippen LogP contribution in [0.4, 0.5) is 0 Å². The van der Waals surface area contributed by atoms with Crippen LogP contribution in [0.25, 0.3) is 0 Å². The Morgan fingerprint density at radius 3 is 2.35 bits per heavy atom. The number of amides is 2. The molecule has 4 rings (SSSR count). The van der Waals surface area contributed by atoms with Crippen molar-refractivity contribution in [1.29, 1.82) is 0 Å². The quantitative estimate of drug-likeness (QED) is 0.671. The molecule has 0 aliphatic carbocycles. The third-order valence-corrected chi connectivity index (χ3v) is 6.82.